The van der Waals surface area contributed by atoms with E-state index in [0.717, 1.165) is 19.0 Å². The van der Waals surface area contributed by atoms with Crippen LogP contribution in [-0.2, 0) is 6.42 Å². The highest BCUT2D eigenvalue weighted by Gasteiger charge is 2.11. The predicted octanol–water partition coefficient (Wildman–Crippen LogP) is 2.94. The molecule has 0 spiro atoms. The minimum absolute atomic E-state index is 0.794. The summed E-state index contributed by atoms with van der Waals surface area (Å²) in [6.07, 6.45) is 13.2. The van der Waals surface area contributed by atoms with Gasteiger partial charge in [-0.15, -0.1) is 0 Å². The Morgan fingerprint density at radius 2 is 2.12 bits per heavy atom. The number of nitrogens with zero attached hydrogens (tertiary/aromatic N) is 1. The highest BCUT2D eigenvalue weighted by molar-refractivity contribution is 5.08. The van der Waals surface area contributed by atoms with E-state index in [4.69, 9.17) is 0 Å². The van der Waals surface area contributed by atoms with Gasteiger partial charge in [0.05, 0.1) is 0 Å². The molecule has 0 saturated heterocycles. The van der Waals surface area contributed by atoms with E-state index in [2.05, 4.69) is 16.4 Å². The fourth-order valence-corrected chi connectivity index (χ4v) is 2.45. The van der Waals surface area contributed by atoms with E-state index in [1.54, 1.807) is 0 Å². The highest BCUT2D eigenvalue weighted by atomic mass is 14.9. The van der Waals surface area contributed by atoms with Gasteiger partial charge in [-0.2, -0.15) is 0 Å². The fourth-order valence-electron chi connectivity index (χ4n) is 2.45. The Bertz CT molecular complexity index is 278. The minimum Gasteiger partial charge on any atom is -0.314 e. The van der Waals surface area contributed by atoms with Crippen LogP contribution in [0.3, 0.4) is 0 Å². The molecule has 88 valence electrons. The Balaban J connectivity index is 1.58. The maximum absolute atomic E-state index is 4.13. The zero-order chi connectivity index (χ0) is 11.1. The van der Waals surface area contributed by atoms with Gasteiger partial charge in [-0.1, -0.05) is 25.3 Å². The van der Waals surface area contributed by atoms with E-state index in [1.165, 1.54) is 44.1 Å². The van der Waals surface area contributed by atoms with Gasteiger partial charge >= 0.3 is 0 Å². The molecule has 1 aliphatic carbocycles. The van der Waals surface area contributed by atoms with Gasteiger partial charge in [0, 0.05) is 18.4 Å². The smallest absolute Gasteiger partial charge is 0.0299 e. The molecule has 1 aromatic rings. The summed E-state index contributed by atoms with van der Waals surface area (Å²) < 4.78 is 0. The normalized spacial score (nSPS) is 17.5. The van der Waals surface area contributed by atoms with E-state index in [9.17, 15) is 0 Å². The number of aromatic nitrogens is 1. The molecule has 1 N–H and O–H groups in total. The third-order valence-electron chi connectivity index (χ3n) is 3.40. The number of rotatable bonds is 5. The van der Waals surface area contributed by atoms with Gasteiger partial charge in [0.25, 0.3) is 0 Å². The van der Waals surface area contributed by atoms with Crippen LogP contribution in [0.2, 0.25) is 0 Å². The van der Waals surface area contributed by atoms with Crippen molar-refractivity contribution in [2.45, 2.75) is 51.0 Å². The quantitative estimate of drug-likeness (QED) is 0.769. The zero-order valence-corrected chi connectivity index (χ0v) is 9.99. The summed E-state index contributed by atoms with van der Waals surface area (Å²) in [7, 11) is 0. The van der Waals surface area contributed by atoms with Gasteiger partial charge in [-0.25, -0.2) is 0 Å². The van der Waals surface area contributed by atoms with Crippen LogP contribution < -0.4 is 5.32 Å². The van der Waals surface area contributed by atoms with Crippen molar-refractivity contribution in [3.8, 4) is 0 Å². The summed E-state index contributed by atoms with van der Waals surface area (Å²) in [5, 5.41) is 3.67. The monoisotopic (exact) mass is 218 g/mol. The maximum Gasteiger partial charge on any atom is 0.0299 e. The number of hydrogen-bond donors (Lipinski definition) is 1. The molecule has 0 bridgehead atoms. The summed E-state index contributed by atoms with van der Waals surface area (Å²) in [4.78, 5) is 4.13. The summed E-state index contributed by atoms with van der Waals surface area (Å²) >= 11 is 0. The molecule has 1 fully saturated rings. The SMILES string of the molecule is c1cncc(CCCNC2CCCCC2)c1. The highest BCUT2D eigenvalue weighted by Crippen LogP contribution is 2.17. The summed E-state index contributed by atoms with van der Waals surface area (Å²) in [5.41, 5.74) is 1.35. The Labute approximate surface area is 98.5 Å². The summed E-state index contributed by atoms with van der Waals surface area (Å²) in [6.45, 7) is 1.15. The Morgan fingerprint density at radius 1 is 1.25 bits per heavy atom. The Hall–Kier alpha value is -0.890. The molecule has 0 amide bonds. The van der Waals surface area contributed by atoms with Crippen molar-refractivity contribution in [3.05, 3.63) is 30.1 Å². The van der Waals surface area contributed by atoms with E-state index in [0.29, 0.717) is 0 Å². The lowest BCUT2D eigenvalue weighted by atomic mass is 9.95. The van der Waals surface area contributed by atoms with Gasteiger partial charge in [-0.05, 0) is 43.9 Å². The van der Waals surface area contributed by atoms with Crippen molar-refractivity contribution in [1.29, 1.82) is 0 Å². The number of nitrogens with one attached hydrogen (secondary N) is 1. The first kappa shape index (κ1) is 11.6. The van der Waals surface area contributed by atoms with Crippen LogP contribution in [0.5, 0.6) is 0 Å². The molecule has 1 aromatic heterocycles. The molecule has 16 heavy (non-hydrogen) atoms. The van der Waals surface area contributed by atoms with Gasteiger partial charge in [-0.3, -0.25) is 4.98 Å². The van der Waals surface area contributed by atoms with Crippen molar-refractivity contribution >= 4 is 0 Å². The van der Waals surface area contributed by atoms with E-state index >= 15 is 0 Å². The maximum atomic E-state index is 4.13. The number of pyridine rings is 1. The Kier molecular flexibility index (Phi) is 4.81. The average Bonchev–Trinajstić information content (AvgIpc) is 2.37. The first-order chi connectivity index (χ1) is 7.95. The third-order valence-corrected chi connectivity index (χ3v) is 3.40. The van der Waals surface area contributed by atoms with Crippen molar-refractivity contribution in [3.63, 3.8) is 0 Å². The van der Waals surface area contributed by atoms with Crippen LogP contribution in [0, 0.1) is 0 Å². The average molecular weight is 218 g/mol. The number of aryl methyl sites for hydroxylation is 1. The van der Waals surface area contributed by atoms with Crippen LogP contribution >= 0.6 is 0 Å². The lowest BCUT2D eigenvalue weighted by Crippen LogP contribution is -2.31. The molecule has 1 saturated carbocycles. The first-order valence-electron chi connectivity index (χ1n) is 6.57. The largest absolute Gasteiger partial charge is 0.314 e. The second-order valence-electron chi connectivity index (χ2n) is 4.75. The molecule has 0 aliphatic heterocycles. The first-order valence-corrected chi connectivity index (χ1v) is 6.57. The second kappa shape index (κ2) is 6.64. The molecule has 0 atom stereocenters. The summed E-state index contributed by atoms with van der Waals surface area (Å²) in [5.74, 6) is 0. The van der Waals surface area contributed by atoms with Gasteiger partial charge < -0.3 is 5.32 Å². The third kappa shape index (κ3) is 3.93. The lowest BCUT2D eigenvalue weighted by molar-refractivity contribution is 0.372. The molecule has 2 heteroatoms. The van der Waals surface area contributed by atoms with Crippen molar-refractivity contribution in [2.24, 2.45) is 0 Å². The molecule has 2 nitrogen and oxygen atoms in total. The topological polar surface area (TPSA) is 24.9 Å². The van der Waals surface area contributed by atoms with E-state index < -0.39 is 0 Å². The zero-order valence-electron chi connectivity index (χ0n) is 9.99. The van der Waals surface area contributed by atoms with Crippen molar-refractivity contribution in [2.75, 3.05) is 6.54 Å². The number of hydrogen-bond acceptors (Lipinski definition) is 2. The predicted molar refractivity (Wildman–Crippen MR) is 67.4 cm³/mol. The molecule has 1 heterocycles. The minimum atomic E-state index is 0.794. The molecular weight excluding hydrogens is 196 g/mol. The Morgan fingerprint density at radius 3 is 2.88 bits per heavy atom. The van der Waals surface area contributed by atoms with Gasteiger partial charge in [0.2, 0.25) is 0 Å². The molecule has 0 aromatic carbocycles. The molecular formula is C14H22N2. The van der Waals surface area contributed by atoms with Crippen molar-refractivity contribution in [1.82, 2.24) is 10.3 Å². The molecule has 1 aliphatic rings. The van der Waals surface area contributed by atoms with Crippen LogP contribution in [-0.4, -0.2) is 17.6 Å². The van der Waals surface area contributed by atoms with Crippen LogP contribution in [0.25, 0.3) is 0 Å². The van der Waals surface area contributed by atoms with Gasteiger partial charge in [0.15, 0.2) is 0 Å². The van der Waals surface area contributed by atoms with Crippen LogP contribution in [0.4, 0.5) is 0 Å². The van der Waals surface area contributed by atoms with Crippen molar-refractivity contribution < 1.29 is 0 Å². The van der Waals surface area contributed by atoms with Gasteiger partial charge in [0.1, 0.15) is 0 Å². The van der Waals surface area contributed by atoms with E-state index in [-0.39, 0.29) is 0 Å². The van der Waals surface area contributed by atoms with Crippen LogP contribution in [0.1, 0.15) is 44.1 Å². The standard InChI is InChI=1S/C14H22N2/c1-2-8-14(9-3-1)16-11-5-7-13-6-4-10-15-12-13/h4,6,10,12,14,16H,1-3,5,7-9,11H2. The fraction of sp³-hybridized carbons (Fsp3) is 0.643. The molecule has 0 unspecified atom stereocenters. The molecule has 0 radical (unpaired) electrons. The lowest BCUT2D eigenvalue weighted by Gasteiger charge is -2.22. The molecule has 2 rings (SSSR count). The summed E-state index contributed by atoms with van der Waals surface area (Å²) in [6, 6.07) is 4.97. The van der Waals surface area contributed by atoms with Crippen LogP contribution in [0.15, 0.2) is 24.5 Å². The van der Waals surface area contributed by atoms with E-state index in [1.807, 2.05) is 18.5 Å². The second-order valence-corrected chi connectivity index (χ2v) is 4.75.